The first-order valence-electron chi connectivity index (χ1n) is 4.72. The van der Waals surface area contributed by atoms with Crippen LogP contribution >= 0.6 is 15.9 Å². The first kappa shape index (κ1) is 13.0. The number of carbonyl (C=O) groups excluding carboxylic acids is 1. The molecule has 5 heteroatoms. The van der Waals surface area contributed by atoms with E-state index in [-0.39, 0.29) is 5.78 Å². The van der Waals surface area contributed by atoms with Gasteiger partial charge in [0.2, 0.25) is 0 Å². The Morgan fingerprint density at radius 3 is 2.44 bits per heavy atom. The van der Waals surface area contributed by atoms with Crippen LogP contribution in [0.4, 0.5) is 0 Å². The predicted molar refractivity (Wildman–Crippen MR) is 65.2 cm³/mol. The Labute approximate surface area is 103 Å². The van der Waals surface area contributed by atoms with Crippen molar-refractivity contribution < 1.29 is 14.3 Å². The summed E-state index contributed by atoms with van der Waals surface area (Å²) in [7, 11) is 3.06. The lowest BCUT2D eigenvalue weighted by Crippen LogP contribution is -2.26. The number of ether oxygens (including phenoxy) is 2. The fourth-order valence-electron chi connectivity index (χ4n) is 1.32. The average molecular weight is 288 g/mol. The third-order valence-electron chi connectivity index (χ3n) is 2.13. The second-order valence-corrected chi connectivity index (χ2v) is 4.20. The lowest BCUT2D eigenvalue weighted by atomic mass is 10.1. The number of methoxy groups -OCH3 is 2. The van der Waals surface area contributed by atoms with Gasteiger partial charge in [0.05, 0.1) is 24.7 Å². The average Bonchev–Trinajstić information content (AvgIpc) is 2.26. The van der Waals surface area contributed by atoms with Crippen molar-refractivity contribution in [2.45, 2.75) is 13.0 Å². The van der Waals surface area contributed by atoms with Crippen LogP contribution in [-0.4, -0.2) is 26.0 Å². The zero-order chi connectivity index (χ0) is 12.3. The molecule has 0 amide bonds. The Bertz CT molecular complexity index is 404. The summed E-state index contributed by atoms with van der Waals surface area (Å²) in [5, 5.41) is 0. The van der Waals surface area contributed by atoms with E-state index in [2.05, 4.69) is 15.9 Å². The number of nitrogens with two attached hydrogens (primary N) is 1. The number of rotatable bonds is 4. The Kier molecular flexibility index (Phi) is 4.32. The fourth-order valence-corrected chi connectivity index (χ4v) is 1.93. The lowest BCUT2D eigenvalue weighted by Gasteiger charge is -2.12. The highest BCUT2D eigenvalue weighted by molar-refractivity contribution is 9.10. The van der Waals surface area contributed by atoms with Crippen molar-refractivity contribution in [3.05, 3.63) is 22.2 Å². The number of hydrogen-bond donors (Lipinski definition) is 1. The van der Waals surface area contributed by atoms with Crippen LogP contribution in [0.15, 0.2) is 16.6 Å². The number of hydrogen-bond acceptors (Lipinski definition) is 4. The summed E-state index contributed by atoms with van der Waals surface area (Å²) < 4.78 is 11.0. The van der Waals surface area contributed by atoms with Crippen molar-refractivity contribution in [3.8, 4) is 11.5 Å². The van der Waals surface area contributed by atoms with E-state index < -0.39 is 6.04 Å². The third kappa shape index (κ3) is 2.54. The van der Waals surface area contributed by atoms with E-state index in [9.17, 15) is 4.79 Å². The van der Waals surface area contributed by atoms with E-state index in [1.54, 1.807) is 19.1 Å². The predicted octanol–water partition coefficient (Wildman–Crippen LogP) is 2.00. The van der Waals surface area contributed by atoms with Gasteiger partial charge in [0, 0.05) is 5.56 Å². The summed E-state index contributed by atoms with van der Waals surface area (Å²) in [6, 6.07) is 2.76. The van der Waals surface area contributed by atoms with Crippen LogP contribution in [0.3, 0.4) is 0 Å². The molecule has 0 spiro atoms. The minimum Gasteiger partial charge on any atom is -0.493 e. The third-order valence-corrected chi connectivity index (χ3v) is 2.72. The van der Waals surface area contributed by atoms with Crippen LogP contribution in [0, 0.1) is 0 Å². The van der Waals surface area contributed by atoms with E-state index >= 15 is 0 Å². The molecule has 0 saturated heterocycles. The maximum Gasteiger partial charge on any atom is 0.179 e. The van der Waals surface area contributed by atoms with E-state index in [1.165, 1.54) is 14.2 Å². The molecule has 0 bridgehead atoms. The highest BCUT2D eigenvalue weighted by atomic mass is 79.9. The number of ketones is 1. The molecule has 0 radical (unpaired) electrons. The van der Waals surface area contributed by atoms with E-state index in [0.29, 0.717) is 21.5 Å². The van der Waals surface area contributed by atoms with Gasteiger partial charge in [-0.3, -0.25) is 4.79 Å². The number of halogens is 1. The van der Waals surface area contributed by atoms with Crippen LogP contribution < -0.4 is 15.2 Å². The van der Waals surface area contributed by atoms with E-state index in [0.717, 1.165) is 0 Å². The molecule has 0 aliphatic rings. The highest BCUT2D eigenvalue weighted by Crippen LogP contribution is 2.36. The smallest absolute Gasteiger partial charge is 0.179 e. The zero-order valence-corrected chi connectivity index (χ0v) is 11.0. The van der Waals surface area contributed by atoms with Crippen molar-refractivity contribution in [2.24, 2.45) is 5.73 Å². The van der Waals surface area contributed by atoms with Crippen molar-refractivity contribution in [1.29, 1.82) is 0 Å². The Morgan fingerprint density at radius 2 is 2.00 bits per heavy atom. The van der Waals surface area contributed by atoms with Gasteiger partial charge in [-0.2, -0.15) is 0 Å². The molecule has 88 valence electrons. The van der Waals surface area contributed by atoms with Gasteiger partial charge in [-0.15, -0.1) is 0 Å². The number of carbonyl (C=O) groups is 1. The minimum absolute atomic E-state index is 0.137. The summed E-state index contributed by atoms with van der Waals surface area (Å²) in [4.78, 5) is 11.7. The molecule has 1 aromatic carbocycles. The molecule has 16 heavy (non-hydrogen) atoms. The SMILES string of the molecule is COc1cc(C(=O)C(C)N)cc(Br)c1OC. The molecule has 2 N–H and O–H groups in total. The number of benzene rings is 1. The van der Waals surface area contributed by atoms with Crippen molar-refractivity contribution >= 4 is 21.7 Å². The summed E-state index contributed by atoms with van der Waals surface area (Å²) in [6.45, 7) is 1.65. The molecule has 0 saturated carbocycles. The first-order chi connectivity index (χ1) is 7.51. The van der Waals surface area contributed by atoms with Gasteiger partial charge in [0.15, 0.2) is 17.3 Å². The van der Waals surface area contributed by atoms with Crippen molar-refractivity contribution in [2.75, 3.05) is 14.2 Å². The van der Waals surface area contributed by atoms with Gasteiger partial charge in [-0.1, -0.05) is 0 Å². The molecule has 4 nitrogen and oxygen atoms in total. The largest absolute Gasteiger partial charge is 0.493 e. The van der Waals surface area contributed by atoms with Gasteiger partial charge in [0.25, 0.3) is 0 Å². The van der Waals surface area contributed by atoms with Crippen LogP contribution in [-0.2, 0) is 0 Å². The first-order valence-corrected chi connectivity index (χ1v) is 5.51. The van der Waals surface area contributed by atoms with Crippen molar-refractivity contribution in [1.82, 2.24) is 0 Å². The molecule has 0 fully saturated rings. The molecule has 0 aliphatic carbocycles. The monoisotopic (exact) mass is 287 g/mol. The van der Waals surface area contributed by atoms with Crippen LogP contribution in [0.1, 0.15) is 17.3 Å². The summed E-state index contributed by atoms with van der Waals surface area (Å²) in [6.07, 6.45) is 0. The maximum atomic E-state index is 11.7. The summed E-state index contributed by atoms with van der Waals surface area (Å²) in [5.41, 5.74) is 6.04. The second kappa shape index (κ2) is 5.32. The number of Topliss-reactive ketones (excluding diaryl/α,β-unsaturated/α-hetero) is 1. The Balaban J connectivity index is 3.25. The lowest BCUT2D eigenvalue weighted by molar-refractivity contribution is 0.0967. The molecule has 0 aromatic heterocycles. The van der Waals surface area contributed by atoms with Crippen LogP contribution in [0.25, 0.3) is 0 Å². The Hall–Kier alpha value is -1.07. The zero-order valence-electron chi connectivity index (χ0n) is 9.41. The van der Waals surface area contributed by atoms with Crippen LogP contribution in [0.5, 0.6) is 11.5 Å². The molecule has 0 heterocycles. The normalized spacial score (nSPS) is 12.1. The van der Waals surface area contributed by atoms with Crippen molar-refractivity contribution in [3.63, 3.8) is 0 Å². The molecule has 1 atom stereocenters. The highest BCUT2D eigenvalue weighted by Gasteiger charge is 2.16. The van der Waals surface area contributed by atoms with Crippen LogP contribution in [0.2, 0.25) is 0 Å². The van der Waals surface area contributed by atoms with Gasteiger partial charge in [-0.25, -0.2) is 0 Å². The van der Waals surface area contributed by atoms with E-state index in [1.807, 2.05) is 0 Å². The molecule has 0 aliphatic heterocycles. The Morgan fingerprint density at radius 1 is 1.38 bits per heavy atom. The molecular weight excluding hydrogens is 274 g/mol. The van der Waals surface area contributed by atoms with Gasteiger partial charge in [-0.05, 0) is 35.0 Å². The maximum absolute atomic E-state index is 11.7. The standard InChI is InChI=1S/C11H14BrNO3/c1-6(13)10(14)7-4-8(12)11(16-3)9(5-7)15-2/h4-6H,13H2,1-3H3. The molecule has 1 aromatic rings. The molecule has 1 unspecified atom stereocenters. The molecular formula is C11H14BrNO3. The summed E-state index contributed by atoms with van der Waals surface area (Å²) >= 11 is 3.32. The van der Waals surface area contributed by atoms with Gasteiger partial charge >= 0.3 is 0 Å². The van der Waals surface area contributed by atoms with E-state index in [4.69, 9.17) is 15.2 Å². The fraction of sp³-hybridized carbons (Fsp3) is 0.364. The van der Waals surface area contributed by atoms with Gasteiger partial charge < -0.3 is 15.2 Å². The summed E-state index contributed by atoms with van der Waals surface area (Å²) in [5.74, 6) is 0.922. The second-order valence-electron chi connectivity index (χ2n) is 3.35. The topological polar surface area (TPSA) is 61.5 Å². The quantitative estimate of drug-likeness (QED) is 0.861. The molecule has 1 rings (SSSR count). The minimum atomic E-state index is -0.537. The van der Waals surface area contributed by atoms with Gasteiger partial charge in [0.1, 0.15) is 0 Å².